The van der Waals surface area contributed by atoms with E-state index < -0.39 is 10.0 Å². The molecule has 1 saturated carbocycles. The van der Waals surface area contributed by atoms with E-state index in [0.29, 0.717) is 15.8 Å². The van der Waals surface area contributed by atoms with Crippen LogP contribution in [0.15, 0.2) is 46.0 Å². The summed E-state index contributed by atoms with van der Waals surface area (Å²) in [6.07, 6.45) is 1.89. The summed E-state index contributed by atoms with van der Waals surface area (Å²) < 4.78 is 27.3. The maximum absolute atomic E-state index is 12.7. The lowest BCUT2D eigenvalue weighted by Crippen LogP contribution is -2.32. The number of benzene rings is 1. The summed E-state index contributed by atoms with van der Waals surface area (Å²) in [7, 11) is -3.38. The predicted molar refractivity (Wildman–Crippen MR) is 81.5 cm³/mol. The van der Waals surface area contributed by atoms with Gasteiger partial charge in [0.25, 0.3) is 10.0 Å². The molecule has 1 aliphatic carbocycles. The second-order valence-corrected chi connectivity index (χ2v) is 8.34. The van der Waals surface area contributed by atoms with Crippen LogP contribution >= 0.6 is 22.9 Å². The maximum Gasteiger partial charge on any atom is 0.253 e. The minimum Gasteiger partial charge on any atom is -0.206 e. The van der Waals surface area contributed by atoms with E-state index in [1.54, 1.807) is 34.0 Å². The van der Waals surface area contributed by atoms with Crippen LogP contribution < -0.4 is 0 Å². The van der Waals surface area contributed by atoms with Gasteiger partial charge in [0, 0.05) is 17.6 Å². The zero-order chi connectivity index (χ0) is 14.2. The average molecular weight is 328 g/mol. The first-order valence-corrected chi connectivity index (χ1v) is 9.07. The monoisotopic (exact) mass is 327 g/mol. The van der Waals surface area contributed by atoms with Crippen LogP contribution in [0.3, 0.4) is 0 Å². The number of hydrogen-bond donors (Lipinski definition) is 0. The predicted octanol–water partition coefficient (Wildman–Crippen LogP) is 3.75. The van der Waals surface area contributed by atoms with Gasteiger partial charge in [-0.3, -0.25) is 0 Å². The molecule has 1 aliphatic rings. The van der Waals surface area contributed by atoms with Crippen LogP contribution in [0.25, 0.3) is 0 Å². The zero-order valence-corrected chi connectivity index (χ0v) is 13.1. The van der Waals surface area contributed by atoms with Crippen LogP contribution in [-0.4, -0.2) is 18.8 Å². The SMILES string of the molecule is O=S(=O)(c1cccs1)N(Cc1ccc(Cl)cc1)C1CC1. The van der Waals surface area contributed by atoms with Crippen molar-refractivity contribution in [2.75, 3.05) is 0 Å². The minimum atomic E-state index is -3.38. The van der Waals surface area contributed by atoms with Crippen LogP contribution in [0.1, 0.15) is 18.4 Å². The van der Waals surface area contributed by atoms with Crippen molar-refractivity contribution in [1.82, 2.24) is 4.31 Å². The first-order chi connectivity index (χ1) is 9.57. The third-order valence-corrected chi connectivity index (χ3v) is 6.79. The summed E-state index contributed by atoms with van der Waals surface area (Å²) >= 11 is 7.13. The van der Waals surface area contributed by atoms with Crippen LogP contribution in [0.4, 0.5) is 0 Å². The standard InChI is InChI=1S/C14H14ClNO2S2/c15-12-5-3-11(4-6-12)10-16(13-7-8-13)20(17,18)14-2-1-9-19-14/h1-6,9,13H,7-8,10H2. The lowest BCUT2D eigenvalue weighted by molar-refractivity contribution is 0.400. The molecule has 0 spiro atoms. The summed E-state index contributed by atoms with van der Waals surface area (Å²) in [5, 5.41) is 2.45. The minimum absolute atomic E-state index is 0.137. The van der Waals surface area contributed by atoms with E-state index in [9.17, 15) is 8.42 Å². The van der Waals surface area contributed by atoms with E-state index in [2.05, 4.69) is 0 Å². The molecule has 1 fully saturated rings. The third-order valence-electron chi connectivity index (χ3n) is 3.26. The fourth-order valence-corrected chi connectivity index (χ4v) is 4.99. The summed E-state index contributed by atoms with van der Waals surface area (Å²) in [5.74, 6) is 0. The van der Waals surface area contributed by atoms with Crippen LogP contribution in [0, 0.1) is 0 Å². The second-order valence-electron chi connectivity index (χ2n) is 4.84. The molecule has 0 bridgehead atoms. The van der Waals surface area contributed by atoms with Gasteiger partial charge in [-0.2, -0.15) is 4.31 Å². The van der Waals surface area contributed by atoms with Crippen molar-refractivity contribution in [2.24, 2.45) is 0 Å². The average Bonchev–Trinajstić information content (AvgIpc) is 3.09. The van der Waals surface area contributed by atoms with Crippen LogP contribution in [-0.2, 0) is 16.6 Å². The van der Waals surface area contributed by atoms with Gasteiger partial charge in [-0.1, -0.05) is 29.8 Å². The van der Waals surface area contributed by atoms with E-state index >= 15 is 0 Å². The van der Waals surface area contributed by atoms with E-state index in [0.717, 1.165) is 18.4 Å². The lowest BCUT2D eigenvalue weighted by Gasteiger charge is -2.21. The van der Waals surface area contributed by atoms with Gasteiger partial charge in [0.2, 0.25) is 0 Å². The van der Waals surface area contributed by atoms with E-state index in [4.69, 9.17) is 11.6 Å². The fraction of sp³-hybridized carbons (Fsp3) is 0.286. The molecule has 3 nitrogen and oxygen atoms in total. The van der Waals surface area contributed by atoms with E-state index in [1.807, 2.05) is 12.1 Å². The summed E-state index contributed by atoms with van der Waals surface area (Å²) in [4.78, 5) is 0. The number of halogens is 1. The normalized spacial score (nSPS) is 15.7. The number of sulfonamides is 1. The lowest BCUT2D eigenvalue weighted by atomic mass is 10.2. The highest BCUT2D eigenvalue weighted by atomic mass is 35.5. The molecule has 0 unspecified atom stereocenters. The summed E-state index contributed by atoms with van der Waals surface area (Å²) in [6, 6.07) is 10.9. The van der Waals surface area contributed by atoms with Crippen molar-refractivity contribution in [3.8, 4) is 0 Å². The van der Waals surface area contributed by atoms with Crippen molar-refractivity contribution in [3.05, 3.63) is 52.4 Å². The number of thiophene rings is 1. The molecule has 3 rings (SSSR count). The van der Waals surface area contributed by atoms with Gasteiger partial charge in [0.15, 0.2) is 0 Å². The second kappa shape index (κ2) is 5.48. The molecule has 1 aromatic heterocycles. The fourth-order valence-electron chi connectivity index (χ4n) is 2.07. The molecule has 0 amide bonds. The van der Waals surface area contributed by atoms with Gasteiger partial charge in [-0.15, -0.1) is 11.3 Å². The van der Waals surface area contributed by atoms with Crippen molar-refractivity contribution >= 4 is 33.0 Å². The number of hydrogen-bond acceptors (Lipinski definition) is 3. The highest BCUT2D eigenvalue weighted by Gasteiger charge is 2.38. The molecule has 0 N–H and O–H groups in total. The van der Waals surface area contributed by atoms with Gasteiger partial charge in [0.05, 0.1) is 0 Å². The smallest absolute Gasteiger partial charge is 0.206 e. The van der Waals surface area contributed by atoms with Crippen LogP contribution in [0.2, 0.25) is 5.02 Å². The Balaban J connectivity index is 1.88. The Hall–Kier alpha value is -0.880. The molecule has 0 radical (unpaired) electrons. The molecule has 20 heavy (non-hydrogen) atoms. The molecule has 1 heterocycles. The largest absolute Gasteiger partial charge is 0.253 e. The Bertz CT molecular complexity index is 676. The van der Waals surface area contributed by atoms with Gasteiger partial charge in [0.1, 0.15) is 4.21 Å². The Morgan fingerprint density at radius 1 is 1.20 bits per heavy atom. The van der Waals surface area contributed by atoms with Gasteiger partial charge in [-0.05, 0) is 42.0 Å². The number of rotatable bonds is 5. The van der Waals surface area contributed by atoms with Crippen molar-refractivity contribution in [3.63, 3.8) is 0 Å². The summed E-state index contributed by atoms with van der Waals surface area (Å²) in [6.45, 7) is 0.405. The van der Waals surface area contributed by atoms with Crippen molar-refractivity contribution in [1.29, 1.82) is 0 Å². The van der Waals surface area contributed by atoms with Gasteiger partial charge < -0.3 is 0 Å². The Labute approximate surface area is 127 Å². The van der Waals surface area contributed by atoms with Crippen molar-refractivity contribution in [2.45, 2.75) is 29.6 Å². The number of nitrogens with zero attached hydrogens (tertiary/aromatic N) is 1. The Morgan fingerprint density at radius 2 is 1.90 bits per heavy atom. The molecular weight excluding hydrogens is 314 g/mol. The first kappa shape index (κ1) is 14.1. The van der Waals surface area contributed by atoms with Crippen LogP contribution in [0.5, 0.6) is 0 Å². The highest BCUT2D eigenvalue weighted by molar-refractivity contribution is 7.91. The van der Waals surface area contributed by atoms with E-state index in [1.165, 1.54) is 11.3 Å². The van der Waals surface area contributed by atoms with Gasteiger partial charge >= 0.3 is 0 Å². The molecule has 6 heteroatoms. The Kier molecular flexibility index (Phi) is 3.86. The van der Waals surface area contributed by atoms with Gasteiger partial charge in [-0.25, -0.2) is 8.42 Å². The van der Waals surface area contributed by atoms with E-state index in [-0.39, 0.29) is 6.04 Å². The molecule has 2 aromatic rings. The molecule has 0 saturated heterocycles. The maximum atomic E-state index is 12.7. The molecule has 106 valence electrons. The molecule has 0 atom stereocenters. The quantitative estimate of drug-likeness (QED) is 0.838. The first-order valence-electron chi connectivity index (χ1n) is 6.37. The Morgan fingerprint density at radius 3 is 2.45 bits per heavy atom. The highest BCUT2D eigenvalue weighted by Crippen LogP contribution is 2.34. The third kappa shape index (κ3) is 2.91. The zero-order valence-electron chi connectivity index (χ0n) is 10.7. The molecule has 0 aliphatic heterocycles. The molecule has 1 aromatic carbocycles. The topological polar surface area (TPSA) is 37.4 Å². The van der Waals surface area contributed by atoms with Crippen molar-refractivity contribution < 1.29 is 8.42 Å². The summed E-state index contributed by atoms with van der Waals surface area (Å²) in [5.41, 5.74) is 0.960. The molecular formula is C14H14ClNO2S2.